The summed E-state index contributed by atoms with van der Waals surface area (Å²) in [5, 5.41) is 31.5. The smallest absolute Gasteiger partial charge is 0.231 e. The van der Waals surface area contributed by atoms with E-state index in [1.165, 1.54) is 7.11 Å². The molecule has 0 radical (unpaired) electrons. The molecule has 2 atom stereocenters. The Hall–Kier alpha value is -2.21. The highest BCUT2D eigenvalue weighted by Gasteiger charge is 2.54. The second-order valence-electron chi connectivity index (χ2n) is 8.69. The van der Waals surface area contributed by atoms with Crippen molar-refractivity contribution in [2.75, 3.05) is 13.7 Å². The van der Waals surface area contributed by atoms with E-state index in [2.05, 4.69) is 13.8 Å². The molecule has 1 aromatic carbocycles. The van der Waals surface area contributed by atoms with Gasteiger partial charge in [-0.2, -0.15) is 0 Å². The highest BCUT2D eigenvalue weighted by atomic mass is 16.5. The Morgan fingerprint density at radius 3 is 2.52 bits per heavy atom. The van der Waals surface area contributed by atoms with Crippen LogP contribution in [0, 0.1) is 5.41 Å². The molecule has 1 saturated carbocycles. The summed E-state index contributed by atoms with van der Waals surface area (Å²) in [6.45, 7) is 5.93. The number of ketones is 1. The molecular formula is C21H26O6. The van der Waals surface area contributed by atoms with Crippen molar-refractivity contribution in [3.05, 3.63) is 28.0 Å². The molecule has 27 heavy (non-hydrogen) atoms. The normalized spacial score (nSPS) is 28.3. The van der Waals surface area contributed by atoms with Crippen LogP contribution >= 0.6 is 0 Å². The molecule has 1 fully saturated rings. The number of methoxy groups -OCH3 is 1. The molecule has 0 aromatic heterocycles. The fourth-order valence-corrected chi connectivity index (χ4v) is 5.47. The van der Waals surface area contributed by atoms with Crippen LogP contribution in [0.3, 0.4) is 0 Å². The average molecular weight is 374 g/mol. The van der Waals surface area contributed by atoms with E-state index in [0.29, 0.717) is 11.1 Å². The number of phenolic OH excluding ortho intramolecular Hbond substituents is 2. The number of ether oxygens (including phenoxy) is 2. The van der Waals surface area contributed by atoms with Crippen LogP contribution in [0.15, 0.2) is 11.3 Å². The van der Waals surface area contributed by atoms with E-state index in [4.69, 9.17) is 9.47 Å². The summed E-state index contributed by atoms with van der Waals surface area (Å²) in [5.74, 6) is -0.227. The number of fused-ring (bicyclic) bond motifs is 4. The number of benzene rings is 1. The molecule has 2 aliphatic carbocycles. The molecule has 0 spiro atoms. The minimum absolute atomic E-state index is 0.102. The molecule has 3 aliphatic rings. The standard InChI is InChI=1S/C21H26O6/c1-20(2)6-5-7-21(3)13-12(15(24)18(26-4)19(20)21)14(23)11-8-10(9-22)27-17(11)16(13)25/h10,22-23,25H,5-9H2,1-4H3. The molecule has 1 aliphatic heterocycles. The maximum absolute atomic E-state index is 13.3. The molecule has 0 saturated heterocycles. The Balaban J connectivity index is 2.06. The summed E-state index contributed by atoms with van der Waals surface area (Å²) in [6, 6.07) is 0. The zero-order chi connectivity index (χ0) is 19.7. The Morgan fingerprint density at radius 1 is 1.19 bits per heavy atom. The lowest BCUT2D eigenvalue weighted by atomic mass is 9.54. The number of phenols is 2. The molecule has 3 N–H and O–H groups in total. The largest absolute Gasteiger partial charge is 0.507 e. The van der Waals surface area contributed by atoms with Gasteiger partial charge in [-0.3, -0.25) is 4.79 Å². The van der Waals surface area contributed by atoms with Gasteiger partial charge in [-0.1, -0.05) is 27.2 Å². The van der Waals surface area contributed by atoms with Crippen LogP contribution in [-0.2, 0) is 16.6 Å². The predicted molar refractivity (Wildman–Crippen MR) is 98.3 cm³/mol. The van der Waals surface area contributed by atoms with Crippen molar-refractivity contribution in [1.29, 1.82) is 0 Å². The quantitative estimate of drug-likeness (QED) is 0.689. The number of carbonyl (C=O) groups excluding carboxylic acids is 1. The van der Waals surface area contributed by atoms with Gasteiger partial charge in [0.2, 0.25) is 5.78 Å². The fourth-order valence-electron chi connectivity index (χ4n) is 5.47. The lowest BCUT2D eigenvalue weighted by Gasteiger charge is -2.49. The molecule has 0 bridgehead atoms. The van der Waals surface area contributed by atoms with Crippen LogP contribution in [-0.4, -0.2) is 40.9 Å². The summed E-state index contributed by atoms with van der Waals surface area (Å²) in [5.41, 5.74) is 0.846. The molecule has 2 unspecified atom stereocenters. The summed E-state index contributed by atoms with van der Waals surface area (Å²) in [7, 11) is 1.48. The summed E-state index contributed by atoms with van der Waals surface area (Å²) >= 11 is 0. The number of Topliss-reactive ketones (excluding diaryl/α,β-unsaturated/α-hetero) is 1. The maximum atomic E-state index is 13.3. The third kappa shape index (κ3) is 2.19. The number of hydrogen-bond acceptors (Lipinski definition) is 6. The van der Waals surface area contributed by atoms with Gasteiger partial charge in [0, 0.05) is 23.0 Å². The first-order valence-corrected chi connectivity index (χ1v) is 9.40. The number of aromatic hydroxyl groups is 2. The van der Waals surface area contributed by atoms with E-state index in [9.17, 15) is 20.1 Å². The molecular weight excluding hydrogens is 348 g/mol. The van der Waals surface area contributed by atoms with Crippen molar-refractivity contribution in [2.24, 2.45) is 5.41 Å². The number of hydrogen-bond donors (Lipinski definition) is 3. The summed E-state index contributed by atoms with van der Waals surface area (Å²) in [4.78, 5) is 13.3. The Kier molecular flexibility index (Phi) is 3.80. The molecule has 4 rings (SSSR count). The van der Waals surface area contributed by atoms with Gasteiger partial charge in [-0.15, -0.1) is 0 Å². The second-order valence-corrected chi connectivity index (χ2v) is 8.69. The molecule has 6 nitrogen and oxygen atoms in total. The van der Waals surface area contributed by atoms with Crippen LogP contribution in [0.4, 0.5) is 0 Å². The van der Waals surface area contributed by atoms with Gasteiger partial charge in [-0.25, -0.2) is 0 Å². The topological polar surface area (TPSA) is 96.2 Å². The van der Waals surface area contributed by atoms with Gasteiger partial charge in [0.15, 0.2) is 17.3 Å². The van der Waals surface area contributed by atoms with Crippen LogP contribution in [0.25, 0.3) is 0 Å². The van der Waals surface area contributed by atoms with Crippen LogP contribution in [0.1, 0.15) is 61.5 Å². The first kappa shape index (κ1) is 18.2. The Labute approximate surface area is 158 Å². The molecule has 1 heterocycles. The fraction of sp³-hybridized carbons (Fsp3) is 0.571. The summed E-state index contributed by atoms with van der Waals surface area (Å²) < 4.78 is 11.2. The predicted octanol–water partition coefficient (Wildman–Crippen LogP) is 2.96. The van der Waals surface area contributed by atoms with E-state index in [0.717, 1.165) is 24.8 Å². The van der Waals surface area contributed by atoms with E-state index >= 15 is 0 Å². The van der Waals surface area contributed by atoms with Crippen molar-refractivity contribution in [1.82, 2.24) is 0 Å². The number of aliphatic hydroxyl groups is 1. The van der Waals surface area contributed by atoms with Crippen molar-refractivity contribution >= 4 is 5.78 Å². The van der Waals surface area contributed by atoms with Gasteiger partial charge in [0.25, 0.3) is 0 Å². The zero-order valence-corrected chi connectivity index (χ0v) is 16.2. The third-order valence-electron chi connectivity index (χ3n) is 6.54. The van der Waals surface area contributed by atoms with Crippen molar-refractivity contribution < 1.29 is 29.6 Å². The number of carbonyl (C=O) groups is 1. The molecule has 146 valence electrons. The minimum atomic E-state index is -0.645. The SMILES string of the molecule is COC1=C2C(C)(C)CCCC2(C)c2c(O)c3c(c(O)c2C1=O)CC(CO)O3. The van der Waals surface area contributed by atoms with E-state index in [-0.39, 0.29) is 47.0 Å². The van der Waals surface area contributed by atoms with Gasteiger partial charge in [0.05, 0.1) is 19.3 Å². The lowest BCUT2D eigenvalue weighted by Crippen LogP contribution is -2.43. The third-order valence-corrected chi connectivity index (χ3v) is 6.54. The molecule has 1 aromatic rings. The van der Waals surface area contributed by atoms with Crippen molar-refractivity contribution in [3.8, 4) is 17.2 Å². The van der Waals surface area contributed by atoms with Crippen LogP contribution in [0.2, 0.25) is 0 Å². The number of aliphatic hydroxyl groups excluding tert-OH is 1. The number of allylic oxidation sites excluding steroid dienone is 2. The second kappa shape index (κ2) is 5.64. The van der Waals surface area contributed by atoms with Gasteiger partial charge in [0.1, 0.15) is 11.9 Å². The molecule has 0 amide bonds. The zero-order valence-electron chi connectivity index (χ0n) is 16.2. The monoisotopic (exact) mass is 374 g/mol. The summed E-state index contributed by atoms with van der Waals surface area (Å²) in [6.07, 6.45) is 2.27. The molecule has 6 heteroatoms. The highest BCUT2D eigenvalue weighted by molar-refractivity contribution is 6.14. The highest BCUT2D eigenvalue weighted by Crippen LogP contribution is 2.62. The minimum Gasteiger partial charge on any atom is -0.507 e. The van der Waals surface area contributed by atoms with E-state index in [1.807, 2.05) is 6.92 Å². The van der Waals surface area contributed by atoms with E-state index in [1.54, 1.807) is 0 Å². The first-order chi connectivity index (χ1) is 12.7. The lowest BCUT2D eigenvalue weighted by molar-refractivity contribution is 0.0901. The van der Waals surface area contributed by atoms with Crippen molar-refractivity contribution in [3.63, 3.8) is 0 Å². The van der Waals surface area contributed by atoms with Crippen molar-refractivity contribution in [2.45, 2.75) is 58.0 Å². The first-order valence-electron chi connectivity index (χ1n) is 9.40. The van der Waals surface area contributed by atoms with Gasteiger partial charge in [-0.05, 0) is 23.8 Å². The van der Waals surface area contributed by atoms with Gasteiger partial charge >= 0.3 is 0 Å². The Bertz CT molecular complexity index is 881. The van der Waals surface area contributed by atoms with Crippen LogP contribution in [0.5, 0.6) is 17.2 Å². The van der Waals surface area contributed by atoms with Gasteiger partial charge < -0.3 is 24.8 Å². The van der Waals surface area contributed by atoms with Crippen LogP contribution < -0.4 is 4.74 Å². The number of rotatable bonds is 2. The Morgan fingerprint density at radius 2 is 1.89 bits per heavy atom. The average Bonchev–Trinajstić information content (AvgIpc) is 3.05. The maximum Gasteiger partial charge on any atom is 0.231 e. The van der Waals surface area contributed by atoms with E-state index < -0.39 is 17.3 Å².